The van der Waals surface area contributed by atoms with Crippen molar-refractivity contribution in [1.29, 1.82) is 0 Å². The number of hydrogen-bond donors (Lipinski definition) is 3. The van der Waals surface area contributed by atoms with Crippen LogP contribution in [0, 0.1) is 13.8 Å². The number of halogens is 1. The van der Waals surface area contributed by atoms with Crippen LogP contribution in [0.5, 0.6) is 0 Å². The number of carbonyl (C=O) groups excluding carboxylic acids is 2. The quantitative estimate of drug-likeness (QED) is 0.377. The van der Waals surface area contributed by atoms with Crippen LogP contribution in [0.4, 0.5) is 27.5 Å². The predicted molar refractivity (Wildman–Crippen MR) is 140 cm³/mol. The van der Waals surface area contributed by atoms with Crippen LogP contribution in [0.15, 0.2) is 60.7 Å². The average Bonchev–Trinajstić information content (AvgIpc) is 2.79. The molecule has 1 fully saturated rings. The summed E-state index contributed by atoms with van der Waals surface area (Å²) in [5.74, 6) is -0.304. The molecule has 3 amide bonds. The Hall–Kier alpha value is -3.51. The van der Waals surface area contributed by atoms with Gasteiger partial charge >= 0.3 is 6.03 Å². The van der Waals surface area contributed by atoms with E-state index in [2.05, 4.69) is 26.9 Å². The summed E-state index contributed by atoms with van der Waals surface area (Å²) in [6.45, 7) is 5.85. The molecule has 3 aromatic rings. The number of piperidine rings is 1. The fourth-order valence-electron chi connectivity index (χ4n) is 4.30. The van der Waals surface area contributed by atoms with E-state index in [1.807, 2.05) is 38.1 Å². The number of benzene rings is 3. The monoisotopic (exact) mass is 476 g/mol. The van der Waals surface area contributed by atoms with Crippen molar-refractivity contribution in [2.45, 2.75) is 33.1 Å². The molecule has 1 saturated heterocycles. The Morgan fingerprint density at radius 2 is 1.50 bits per heavy atom. The molecule has 0 radical (unpaired) electrons. The Morgan fingerprint density at radius 3 is 2.21 bits per heavy atom. The maximum Gasteiger partial charge on any atom is 0.323 e. The molecule has 7 heteroatoms. The summed E-state index contributed by atoms with van der Waals surface area (Å²) in [6.07, 6.45) is 3.43. The van der Waals surface area contributed by atoms with Gasteiger partial charge in [-0.2, -0.15) is 0 Å². The number of carbonyl (C=O) groups is 2. The largest absolute Gasteiger partial charge is 0.370 e. The number of hydrogen-bond acceptors (Lipinski definition) is 3. The number of nitrogens with zero attached hydrogens (tertiary/aromatic N) is 1. The molecular formula is C27H29ClN4O2. The minimum absolute atomic E-state index is 0.304. The second-order valence-electron chi connectivity index (χ2n) is 8.67. The molecular weight excluding hydrogens is 448 g/mol. The number of anilines is 4. The van der Waals surface area contributed by atoms with Crippen LogP contribution in [0.2, 0.25) is 5.02 Å². The van der Waals surface area contributed by atoms with E-state index in [1.165, 1.54) is 6.42 Å². The van der Waals surface area contributed by atoms with E-state index < -0.39 is 0 Å². The maximum absolute atomic E-state index is 12.9. The summed E-state index contributed by atoms with van der Waals surface area (Å²) in [6, 6.07) is 18.1. The number of rotatable bonds is 5. The highest BCUT2D eigenvalue weighted by Gasteiger charge is 2.18. The molecule has 6 nitrogen and oxygen atoms in total. The third-order valence-electron chi connectivity index (χ3n) is 5.80. The van der Waals surface area contributed by atoms with Gasteiger partial charge in [-0.1, -0.05) is 29.8 Å². The Morgan fingerprint density at radius 1 is 0.794 bits per heavy atom. The van der Waals surface area contributed by atoms with Gasteiger partial charge in [0.05, 0.1) is 22.0 Å². The molecule has 0 spiro atoms. The zero-order valence-electron chi connectivity index (χ0n) is 19.5. The Bertz CT molecular complexity index is 1180. The van der Waals surface area contributed by atoms with Gasteiger partial charge in [0.15, 0.2) is 0 Å². The average molecular weight is 477 g/mol. The molecule has 1 heterocycles. The first-order valence-electron chi connectivity index (χ1n) is 11.5. The van der Waals surface area contributed by atoms with E-state index in [4.69, 9.17) is 11.6 Å². The number of urea groups is 1. The van der Waals surface area contributed by atoms with E-state index in [-0.39, 0.29) is 11.9 Å². The molecule has 0 aromatic heterocycles. The summed E-state index contributed by atoms with van der Waals surface area (Å²) in [5, 5.41) is 9.19. The molecule has 1 aliphatic rings. The normalized spacial score (nSPS) is 13.3. The lowest BCUT2D eigenvalue weighted by Gasteiger charge is -2.31. The van der Waals surface area contributed by atoms with Crippen molar-refractivity contribution in [3.8, 4) is 0 Å². The maximum atomic E-state index is 12.9. The highest BCUT2D eigenvalue weighted by molar-refractivity contribution is 6.34. The molecule has 0 aliphatic carbocycles. The Kier molecular flexibility index (Phi) is 7.38. The smallest absolute Gasteiger partial charge is 0.323 e. The lowest BCUT2D eigenvalue weighted by molar-refractivity contribution is 0.102. The first-order valence-corrected chi connectivity index (χ1v) is 11.9. The Labute approximate surface area is 205 Å². The minimum atomic E-state index is -0.335. The van der Waals surface area contributed by atoms with E-state index in [9.17, 15) is 9.59 Å². The summed E-state index contributed by atoms with van der Waals surface area (Å²) in [4.78, 5) is 27.9. The van der Waals surface area contributed by atoms with Crippen LogP contribution >= 0.6 is 11.6 Å². The summed E-state index contributed by atoms with van der Waals surface area (Å²) < 4.78 is 0. The van der Waals surface area contributed by atoms with Gasteiger partial charge in [-0.05, 0) is 86.7 Å². The van der Waals surface area contributed by atoms with Gasteiger partial charge in [-0.3, -0.25) is 4.79 Å². The predicted octanol–water partition coefficient (Wildman–Crippen LogP) is 6.84. The van der Waals surface area contributed by atoms with Crippen LogP contribution < -0.4 is 20.9 Å². The molecule has 34 heavy (non-hydrogen) atoms. The van der Waals surface area contributed by atoms with Crippen molar-refractivity contribution in [1.82, 2.24) is 0 Å². The van der Waals surface area contributed by atoms with Crippen molar-refractivity contribution in [2.24, 2.45) is 0 Å². The van der Waals surface area contributed by atoms with Crippen LogP contribution in [0.1, 0.15) is 40.7 Å². The highest BCUT2D eigenvalue weighted by Crippen LogP contribution is 2.32. The first-order chi connectivity index (χ1) is 16.4. The first kappa shape index (κ1) is 23.6. The van der Waals surface area contributed by atoms with Gasteiger partial charge in [0, 0.05) is 24.5 Å². The third-order valence-corrected chi connectivity index (χ3v) is 6.13. The van der Waals surface area contributed by atoms with E-state index in [0.717, 1.165) is 48.4 Å². The number of amides is 3. The second-order valence-corrected chi connectivity index (χ2v) is 9.08. The SMILES string of the molecule is Cc1cc(C)cc(NC(=O)Nc2cc(NC(=O)c3ccccc3Cl)ccc2N2CCCCC2)c1. The molecule has 0 unspecified atom stereocenters. The van der Waals surface area contributed by atoms with Crippen molar-refractivity contribution in [2.75, 3.05) is 33.9 Å². The van der Waals surface area contributed by atoms with Gasteiger partial charge in [0.2, 0.25) is 0 Å². The molecule has 0 atom stereocenters. The van der Waals surface area contributed by atoms with Gasteiger partial charge < -0.3 is 20.9 Å². The summed E-state index contributed by atoms with van der Waals surface area (Å²) >= 11 is 6.18. The standard InChI is InChI=1S/C27H29ClN4O2/c1-18-14-19(2)16-21(15-18)30-27(34)31-24-17-20(10-11-25(24)32-12-6-3-7-13-32)29-26(33)22-8-4-5-9-23(22)28/h4-5,8-11,14-17H,3,6-7,12-13H2,1-2H3,(H,29,33)(H2,30,31,34). The summed E-state index contributed by atoms with van der Waals surface area (Å²) in [7, 11) is 0. The zero-order chi connectivity index (χ0) is 24.1. The van der Waals surface area contributed by atoms with E-state index in [0.29, 0.717) is 22.0 Å². The van der Waals surface area contributed by atoms with Crippen molar-refractivity contribution in [3.63, 3.8) is 0 Å². The fourth-order valence-corrected chi connectivity index (χ4v) is 4.52. The molecule has 3 N–H and O–H groups in total. The van der Waals surface area contributed by atoms with Crippen molar-refractivity contribution >= 4 is 46.3 Å². The zero-order valence-corrected chi connectivity index (χ0v) is 20.2. The highest BCUT2D eigenvalue weighted by atomic mass is 35.5. The molecule has 0 bridgehead atoms. The minimum Gasteiger partial charge on any atom is -0.370 e. The lowest BCUT2D eigenvalue weighted by atomic mass is 10.1. The van der Waals surface area contributed by atoms with Gasteiger partial charge in [-0.15, -0.1) is 0 Å². The molecule has 1 aliphatic heterocycles. The third kappa shape index (κ3) is 5.88. The van der Waals surface area contributed by atoms with Crippen LogP contribution in [-0.4, -0.2) is 25.0 Å². The van der Waals surface area contributed by atoms with Crippen molar-refractivity contribution < 1.29 is 9.59 Å². The lowest BCUT2D eigenvalue weighted by Crippen LogP contribution is -2.31. The number of aryl methyl sites for hydroxylation is 2. The fraction of sp³-hybridized carbons (Fsp3) is 0.259. The molecule has 176 valence electrons. The van der Waals surface area contributed by atoms with Crippen LogP contribution in [0.3, 0.4) is 0 Å². The topological polar surface area (TPSA) is 73.5 Å². The number of nitrogens with one attached hydrogen (secondary N) is 3. The van der Waals surface area contributed by atoms with Crippen molar-refractivity contribution in [3.05, 3.63) is 82.4 Å². The Balaban J connectivity index is 1.57. The van der Waals surface area contributed by atoms with Gasteiger partial charge in [0.1, 0.15) is 0 Å². The summed E-state index contributed by atoms with van der Waals surface area (Å²) in [5.41, 5.74) is 5.44. The van der Waals surface area contributed by atoms with E-state index in [1.54, 1.807) is 30.3 Å². The molecule has 3 aromatic carbocycles. The van der Waals surface area contributed by atoms with Gasteiger partial charge in [-0.25, -0.2) is 4.79 Å². The van der Waals surface area contributed by atoms with Crippen LogP contribution in [-0.2, 0) is 0 Å². The van der Waals surface area contributed by atoms with Gasteiger partial charge in [0.25, 0.3) is 5.91 Å². The van der Waals surface area contributed by atoms with Crippen LogP contribution in [0.25, 0.3) is 0 Å². The second kappa shape index (κ2) is 10.6. The van der Waals surface area contributed by atoms with E-state index >= 15 is 0 Å². The molecule has 0 saturated carbocycles. The molecule has 4 rings (SSSR count).